The Balaban J connectivity index is 1.91. The number of para-hydroxylation sites is 1. The number of hydrogen-bond acceptors (Lipinski definition) is 8. The second-order valence-corrected chi connectivity index (χ2v) is 6.69. The average molecular weight is 411 g/mol. The quantitative estimate of drug-likeness (QED) is 0.252. The molecule has 2 N–H and O–H groups in total. The molecular weight excluding hydrogens is 394 g/mol. The van der Waals surface area contributed by atoms with Crippen molar-refractivity contribution in [1.29, 1.82) is 0 Å². The fourth-order valence-electron chi connectivity index (χ4n) is 2.61. The fourth-order valence-corrected chi connectivity index (χ4v) is 2.61. The number of cyclic esters (lactones) is 2. The number of nitrogens with zero attached hydrogens (tertiary/aromatic N) is 1. The van der Waals surface area contributed by atoms with Gasteiger partial charge in [-0.05, 0) is 18.2 Å². The Hall–Kier alpha value is -4.21. The van der Waals surface area contributed by atoms with Crippen LogP contribution < -0.4 is 10.6 Å². The molecule has 1 amide bonds. The summed E-state index contributed by atoms with van der Waals surface area (Å²) in [6.45, 7) is 2.82. The first-order valence-corrected chi connectivity index (χ1v) is 8.74. The number of esters is 2. The van der Waals surface area contributed by atoms with Crippen molar-refractivity contribution in [1.82, 2.24) is 0 Å². The summed E-state index contributed by atoms with van der Waals surface area (Å²) in [6, 6.07) is 12.1. The Morgan fingerprint density at radius 3 is 2.30 bits per heavy atom. The number of hydrogen-bond donors (Lipinski definition) is 2. The molecular formula is C20H17N3O7. The fraction of sp³-hybridized carbons (Fsp3) is 0.150. The van der Waals surface area contributed by atoms with E-state index in [9.17, 15) is 24.5 Å². The van der Waals surface area contributed by atoms with Crippen LogP contribution in [0.2, 0.25) is 0 Å². The molecule has 1 saturated heterocycles. The van der Waals surface area contributed by atoms with Gasteiger partial charge in [-0.25, -0.2) is 9.59 Å². The number of amides is 1. The summed E-state index contributed by atoms with van der Waals surface area (Å²) in [6.07, 6.45) is 1.03. The molecule has 0 aliphatic carbocycles. The predicted octanol–water partition coefficient (Wildman–Crippen LogP) is 2.98. The lowest BCUT2D eigenvalue weighted by Crippen LogP contribution is -2.42. The molecule has 0 saturated carbocycles. The van der Waals surface area contributed by atoms with Gasteiger partial charge in [-0.1, -0.05) is 18.2 Å². The van der Waals surface area contributed by atoms with E-state index in [-0.39, 0.29) is 16.9 Å². The Morgan fingerprint density at radius 2 is 1.70 bits per heavy atom. The minimum Gasteiger partial charge on any atom is -0.419 e. The predicted molar refractivity (Wildman–Crippen MR) is 105 cm³/mol. The number of ether oxygens (including phenoxy) is 2. The Morgan fingerprint density at radius 1 is 1.07 bits per heavy atom. The molecule has 10 nitrogen and oxygen atoms in total. The molecule has 2 aromatic carbocycles. The molecule has 10 heteroatoms. The van der Waals surface area contributed by atoms with Crippen LogP contribution in [0.25, 0.3) is 0 Å². The van der Waals surface area contributed by atoms with Crippen molar-refractivity contribution >= 4 is 34.9 Å². The highest BCUT2D eigenvalue weighted by Crippen LogP contribution is 2.26. The van der Waals surface area contributed by atoms with Gasteiger partial charge in [0, 0.05) is 37.9 Å². The molecule has 2 aromatic rings. The van der Waals surface area contributed by atoms with E-state index in [1.165, 1.54) is 26.0 Å². The van der Waals surface area contributed by atoms with Crippen molar-refractivity contribution in [2.24, 2.45) is 0 Å². The average Bonchev–Trinajstić information content (AvgIpc) is 2.67. The van der Waals surface area contributed by atoms with E-state index in [1.54, 1.807) is 30.3 Å². The van der Waals surface area contributed by atoms with Crippen LogP contribution in [0.1, 0.15) is 24.2 Å². The number of benzene rings is 2. The van der Waals surface area contributed by atoms with Crippen molar-refractivity contribution in [3.05, 3.63) is 76.0 Å². The van der Waals surface area contributed by atoms with Crippen molar-refractivity contribution in [2.45, 2.75) is 19.6 Å². The number of nitrogens with one attached hydrogen (secondary N) is 2. The zero-order valence-corrected chi connectivity index (χ0v) is 16.0. The summed E-state index contributed by atoms with van der Waals surface area (Å²) < 4.78 is 9.99. The molecule has 0 spiro atoms. The van der Waals surface area contributed by atoms with Gasteiger partial charge in [0.2, 0.25) is 0 Å². The first-order valence-electron chi connectivity index (χ1n) is 8.74. The zero-order chi connectivity index (χ0) is 21.9. The maximum absolute atomic E-state index is 12.7. The Labute approximate surface area is 170 Å². The second-order valence-electron chi connectivity index (χ2n) is 6.69. The SMILES string of the molecule is CC1(C)OC(=O)C(=CNc2ccc([N+](=O)[O-])cc2C(=O)Nc2ccccc2)C(=O)O1. The van der Waals surface area contributed by atoms with Crippen LogP contribution in [0.3, 0.4) is 0 Å². The normalized spacial score (nSPS) is 14.9. The minimum atomic E-state index is -1.39. The van der Waals surface area contributed by atoms with Gasteiger partial charge in [0.15, 0.2) is 5.57 Å². The Kier molecular flexibility index (Phi) is 5.50. The first kappa shape index (κ1) is 20.5. The third-order valence-electron chi connectivity index (χ3n) is 3.98. The van der Waals surface area contributed by atoms with Gasteiger partial charge in [-0.3, -0.25) is 14.9 Å². The van der Waals surface area contributed by atoms with E-state index in [1.807, 2.05) is 0 Å². The van der Waals surface area contributed by atoms with E-state index >= 15 is 0 Å². The Bertz CT molecular complexity index is 1040. The maximum atomic E-state index is 12.7. The van der Waals surface area contributed by atoms with Crippen LogP contribution in [0.5, 0.6) is 0 Å². The van der Waals surface area contributed by atoms with Crippen LogP contribution in [-0.2, 0) is 19.1 Å². The maximum Gasteiger partial charge on any atom is 0.350 e. The smallest absolute Gasteiger partial charge is 0.350 e. The molecule has 1 fully saturated rings. The number of carbonyl (C=O) groups excluding carboxylic acids is 3. The summed E-state index contributed by atoms with van der Waals surface area (Å²) in [5.74, 6) is -3.82. The van der Waals surface area contributed by atoms with Gasteiger partial charge in [0.25, 0.3) is 17.4 Å². The van der Waals surface area contributed by atoms with Crippen molar-refractivity contribution in [2.75, 3.05) is 10.6 Å². The van der Waals surface area contributed by atoms with Gasteiger partial charge < -0.3 is 20.1 Å². The summed E-state index contributed by atoms with van der Waals surface area (Å²) in [5.41, 5.74) is -0.165. The van der Waals surface area contributed by atoms with E-state index in [0.29, 0.717) is 5.69 Å². The van der Waals surface area contributed by atoms with Gasteiger partial charge in [0.05, 0.1) is 16.2 Å². The molecule has 0 unspecified atom stereocenters. The van der Waals surface area contributed by atoms with Crippen LogP contribution >= 0.6 is 0 Å². The zero-order valence-electron chi connectivity index (χ0n) is 16.0. The molecule has 1 aliphatic rings. The molecule has 154 valence electrons. The molecule has 1 heterocycles. The van der Waals surface area contributed by atoms with Crippen LogP contribution in [-0.4, -0.2) is 28.6 Å². The van der Waals surface area contributed by atoms with Gasteiger partial charge in [-0.15, -0.1) is 0 Å². The van der Waals surface area contributed by atoms with Crippen molar-refractivity contribution in [3.63, 3.8) is 0 Å². The lowest BCUT2D eigenvalue weighted by atomic mass is 10.1. The highest BCUT2D eigenvalue weighted by Gasteiger charge is 2.39. The van der Waals surface area contributed by atoms with E-state index < -0.39 is 34.1 Å². The standard InChI is InChI=1S/C20H17N3O7/c1-20(2)29-18(25)15(19(26)30-20)11-21-16-9-8-13(23(27)28)10-14(16)17(24)22-12-6-4-3-5-7-12/h3-11,21H,1-2H3,(H,22,24). The van der Waals surface area contributed by atoms with Crippen LogP contribution in [0.4, 0.5) is 17.1 Å². The van der Waals surface area contributed by atoms with Crippen molar-refractivity contribution in [3.8, 4) is 0 Å². The van der Waals surface area contributed by atoms with E-state index in [2.05, 4.69) is 10.6 Å². The topological polar surface area (TPSA) is 137 Å². The number of nitro groups is 1. The number of non-ortho nitro benzene ring substituents is 1. The molecule has 1 aliphatic heterocycles. The summed E-state index contributed by atoms with van der Waals surface area (Å²) in [7, 11) is 0. The second kappa shape index (κ2) is 8.03. The summed E-state index contributed by atoms with van der Waals surface area (Å²) in [4.78, 5) is 47.3. The number of anilines is 2. The van der Waals surface area contributed by atoms with Gasteiger partial charge >= 0.3 is 11.9 Å². The van der Waals surface area contributed by atoms with E-state index in [4.69, 9.17) is 9.47 Å². The number of nitro benzene ring substituents is 1. The lowest BCUT2D eigenvalue weighted by molar-refractivity contribution is -0.384. The highest BCUT2D eigenvalue weighted by atomic mass is 16.7. The lowest BCUT2D eigenvalue weighted by Gasteiger charge is -2.29. The number of carbonyl (C=O) groups is 3. The monoisotopic (exact) mass is 411 g/mol. The van der Waals surface area contributed by atoms with E-state index in [0.717, 1.165) is 12.3 Å². The van der Waals surface area contributed by atoms with Crippen LogP contribution in [0.15, 0.2) is 60.3 Å². The number of rotatable bonds is 5. The third-order valence-corrected chi connectivity index (χ3v) is 3.98. The highest BCUT2D eigenvalue weighted by molar-refractivity contribution is 6.15. The summed E-state index contributed by atoms with van der Waals surface area (Å²) >= 11 is 0. The van der Waals surface area contributed by atoms with Gasteiger partial charge in [0.1, 0.15) is 0 Å². The largest absolute Gasteiger partial charge is 0.419 e. The molecule has 0 atom stereocenters. The first-order chi connectivity index (χ1) is 14.2. The minimum absolute atomic E-state index is 0.0669. The molecule has 0 radical (unpaired) electrons. The van der Waals surface area contributed by atoms with Crippen LogP contribution in [0, 0.1) is 10.1 Å². The molecule has 3 rings (SSSR count). The molecule has 0 aromatic heterocycles. The third kappa shape index (κ3) is 4.61. The van der Waals surface area contributed by atoms with Crippen molar-refractivity contribution < 1.29 is 28.8 Å². The van der Waals surface area contributed by atoms with Gasteiger partial charge in [-0.2, -0.15) is 0 Å². The molecule has 0 bridgehead atoms. The summed E-state index contributed by atoms with van der Waals surface area (Å²) in [5, 5.41) is 16.4. The molecule has 30 heavy (non-hydrogen) atoms.